The summed E-state index contributed by atoms with van der Waals surface area (Å²) in [5.74, 6) is 1.17. The first-order valence-electron chi connectivity index (χ1n) is 10.4. The van der Waals surface area contributed by atoms with E-state index in [1.54, 1.807) is 0 Å². The Morgan fingerprint density at radius 3 is 2.26 bits per heavy atom. The molecular formula is C26H18N5+. The third kappa shape index (κ3) is 2.17. The van der Waals surface area contributed by atoms with E-state index in [1.165, 1.54) is 17.0 Å². The minimum absolute atomic E-state index is 0.790. The molecule has 7 rings (SSSR count). The molecule has 0 saturated carbocycles. The van der Waals surface area contributed by atoms with E-state index in [9.17, 15) is 0 Å². The quantitative estimate of drug-likeness (QED) is 0.395. The Bertz CT molecular complexity index is 1590. The summed E-state index contributed by atoms with van der Waals surface area (Å²) in [6.07, 6.45) is 5.74. The Labute approximate surface area is 178 Å². The summed E-state index contributed by atoms with van der Waals surface area (Å²) in [4.78, 5) is 9.23. The van der Waals surface area contributed by atoms with Crippen molar-refractivity contribution in [3.63, 3.8) is 0 Å². The van der Waals surface area contributed by atoms with Crippen molar-refractivity contribution in [3.05, 3.63) is 103 Å². The number of hydrogen-bond donors (Lipinski definition) is 0. The molecule has 0 atom stereocenters. The molecule has 2 aromatic carbocycles. The van der Waals surface area contributed by atoms with Gasteiger partial charge >= 0.3 is 0 Å². The molecule has 1 aliphatic heterocycles. The zero-order valence-electron chi connectivity index (χ0n) is 16.7. The first kappa shape index (κ1) is 16.5. The SMILES string of the molecule is c1ccc(-n2c3[n+](c4c2c2ncccc2n4-c2ccccc2)Cc2cnccc2-3)cc1. The maximum Gasteiger partial charge on any atom is 0.277 e. The number of para-hydroxylation sites is 2. The van der Waals surface area contributed by atoms with Gasteiger partial charge < -0.3 is 0 Å². The monoisotopic (exact) mass is 400 g/mol. The fourth-order valence-electron chi connectivity index (χ4n) is 4.89. The number of aromatic nitrogens is 5. The van der Waals surface area contributed by atoms with Crippen LogP contribution in [0.2, 0.25) is 0 Å². The van der Waals surface area contributed by atoms with Gasteiger partial charge in [0.1, 0.15) is 22.4 Å². The first-order valence-corrected chi connectivity index (χ1v) is 10.4. The number of benzene rings is 2. The Hall–Kier alpha value is -4.25. The fraction of sp³-hybridized carbons (Fsp3) is 0.0385. The van der Waals surface area contributed by atoms with Gasteiger partial charge in [-0.05, 0) is 42.5 Å². The minimum Gasteiger partial charge on any atom is -0.264 e. The van der Waals surface area contributed by atoms with Gasteiger partial charge in [-0.15, -0.1) is 0 Å². The van der Waals surface area contributed by atoms with Crippen LogP contribution in [0.25, 0.3) is 45.0 Å². The van der Waals surface area contributed by atoms with Gasteiger partial charge in [0.2, 0.25) is 11.3 Å². The van der Waals surface area contributed by atoms with E-state index in [0.29, 0.717) is 0 Å². The second kappa shape index (κ2) is 6.12. The lowest BCUT2D eigenvalue weighted by atomic mass is 10.1. The molecule has 0 N–H and O–H groups in total. The molecule has 0 amide bonds. The smallest absolute Gasteiger partial charge is 0.264 e. The summed E-state index contributed by atoms with van der Waals surface area (Å²) in [6, 6.07) is 27.4. The van der Waals surface area contributed by atoms with Crippen molar-refractivity contribution in [1.29, 1.82) is 0 Å². The standard InChI is InChI=1S/C26H18N5/c1-3-8-19(9-4-1)30-22-12-7-14-28-23(22)24-26(30)29-17-18-16-27-15-13-21(18)25(29)31(24)20-10-5-2-6-11-20/h1-16H,17H2/q+1. The molecule has 5 heterocycles. The van der Waals surface area contributed by atoms with Crippen LogP contribution in [-0.4, -0.2) is 19.1 Å². The molecule has 5 nitrogen and oxygen atoms in total. The van der Waals surface area contributed by atoms with Gasteiger partial charge in [0, 0.05) is 24.2 Å². The van der Waals surface area contributed by atoms with E-state index in [2.05, 4.69) is 91.5 Å². The largest absolute Gasteiger partial charge is 0.277 e. The van der Waals surface area contributed by atoms with Crippen LogP contribution in [0.15, 0.2) is 97.5 Å². The van der Waals surface area contributed by atoms with Crippen LogP contribution in [0.5, 0.6) is 0 Å². The summed E-state index contributed by atoms with van der Waals surface area (Å²) in [6.45, 7) is 0.790. The van der Waals surface area contributed by atoms with E-state index in [1.807, 2.05) is 24.7 Å². The minimum atomic E-state index is 0.790. The average molecular weight is 400 g/mol. The Morgan fingerprint density at radius 1 is 0.742 bits per heavy atom. The van der Waals surface area contributed by atoms with Crippen molar-refractivity contribution < 1.29 is 4.57 Å². The maximum atomic E-state index is 4.84. The zero-order valence-corrected chi connectivity index (χ0v) is 16.7. The Balaban J connectivity index is 1.73. The molecule has 1 aliphatic rings. The first-order chi connectivity index (χ1) is 15.4. The summed E-state index contributed by atoms with van der Waals surface area (Å²) in [7, 11) is 0. The molecule has 0 aliphatic carbocycles. The molecule has 0 fully saturated rings. The highest BCUT2D eigenvalue weighted by atomic mass is 15.3. The molecule has 0 saturated heterocycles. The van der Waals surface area contributed by atoms with Gasteiger partial charge in [-0.2, -0.15) is 0 Å². The lowest BCUT2D eigenvalue weighted by Crippen LogP contribution is -2.33. The number of fused-ring (bicyclic) bond motifs is 7. The molecule has 0 radical (unpaired) electrons. The third-order valence-electron chi connectivity index (χ3n) is 6.12. The number of imidazole rings is 1. The van der Waals surface area contributed by atoms with E-state index in [-0.39, 0.29) is 0 Å². The van der Waals surface area contributed by atoms with Crippen molar-refractivity contribution in [3.8, 4) is 22.8 Å². The number of hydrogen-bond acceptors (Lipinski definition) is 2. The molecular weight excluding hydrogens is 382 g/mol. The molecule has 6 aromatic rings. The summed E-state index contributed by atoms with van der Waals surface area (Å²) < 4.78 is 7.10. The summed E-state index contributed by atoms with van der Waals surface area (Å²) >= 11 is 0. The van der Waals surface area contributed by atoms with Crippen LogP contribution >= 0.6 is 0 Å². The second-order valence-corrected chi connectivity index (χ2v) is 7.83. The predicted octanol–water partition coefficient (Wildman–Crippen LogP) is 4.68. The van der Waals surface area contributed by atoms with Gasteiger partial charge in [0.25, 0.3) is 5.65 Å². The van der Waals surface area contributed by atoms with Crippen molar-refractivity contribution in [2.24, 2.45) is 0 Å². The van der Waals surface area contributed by atoms with Gasteiger partial charge in [-0.3, -0.25) is 4.98 Å². The van der Waals surface area contributed by atoms with Crippen molar-refractivity contribution in [1.82, 2.24) is 19.1 Å². The van der Waals surface area contributed by atoms with Gasteiger partial charge in [-0.25, -0.2) is 18.7 Å². The van der Waals surface area contributed by atoms with Crippen LogP contribution in [0, 0.1) is 0 Å². The predicted molar refractivity (Wildman–Crippen MR) is 120 cm³/mol. The van der Waals surface area contributed by atoms with Crippen LogP contribution < -0.4 is 4.57 Å². The normalized spacial score (nSPS) is 12.4. The van der Waals surface area contributed by atoms with Crippen LogP contribution in [-0.2, 0) is 6.54 Å². The Morgan fingerprint density at radius 2 is 1.48 bits per heavy atom. The lowest BCUT2D eigenvalue weighted by Gasteiger charge is -2.04. The lowest BCUT2D eigenvalue weighted by molar-refractivity contribution is -0.648. The van der Waals surface area contributed by atoms with E-state index in [0.717, 1.165) is 40.1 Å². The highest BCUT2D eigenvalue weighted by molar-refractivity contribution is 6.04. The number of pyridine rings is 2. The van der Waals surface area contributed by atoms with E-state index < -0.39 is 0 Å². The highest BCUT2D eigenvalue weighted by Crippen LogP contribution is 2.38. The van der Waals surface area contributed by atoms with Crippen molar-refractivity contribution in [2.45, 2.75) is 6.54 Å². The topological polar surface area (TPSA) is 39.5 Å². The summed E-state index contributed by atoms with van der Waals surface area (Å²) in [5, 5.41) is 0. The zero-order chi connectivity index (χ0) is 20.4. The molecule has 146 valence electrons. The Kier molecular flexibility index (Phi) is 3.27. The van der Waals surface area contributed by atoms with Crippen LogP contribution in [0.4, 0.5) is 0 Å². The van der Waals surface area contributed by atoms with Gasteiger partial charge in [-0.1, -0.05) is 36.4 Å². The number of rotatable bonds is 2. The summed E-state index contributed by atoms with van der Waals surface area (Å²) in [5.41, 5.74) is 9.10. The van der Waals surface area contributed by atoms with Gasteiger partial charge in [0.15, 0.2) is 0 Å². The second-order valence-electron chi connectivity index (χ2n) is 7.83. The third-order valence-corrected chi connectivity index (χ3v) is 6.12. The fourth-order valence-corrected chi connectivity index (χ4v) is 4.89. The van der Waals surface area contributed by atoms with Gasteiger partial charge in [0.05, 0.1) is 12.1 Å². The molecule has 31 heavy (non-hydrogen) atoms. The molecule has 0 spiro atoms. The molecule has 0 bridgehead atoms. The van der Waals surface area contributed by atoms with E-state index >= 15 is 0 Å². The highest BCUT2D eigenvalue weighted by Gasteiger charge is 2.38. The van der Waals surface area contributed by atoms with Crippen molar-refractivity contribution in [2.75, 3.05) is 0 Å². The maximum absolute atomic E-state index is 4.84. The van der Waals surface area contributed by atoms with Crippen LogP contribution in [0.1, 0.15) is 5.56 Å². The average Bonchev–Trinajstić information content (AvgIpc) is 3.47. The number of nitrogens with zero attached hydrogens (tertiary/aromatic N) is 5. The molecule has 4 aromatic heterocycles. The van der Waals surface area contributed by atoms with Crippen LogP contribution in [0.3, 0.4) is 0 Å². The molecule has 0 unspecified atom stereocenters. The van der Waals surface area contributed by atoms with E-state index in [4.69, 9.17) is 4.98 Å². The molecule has 5 heteroatoms. The van der Waals surface area contributed by atoms with Crippen molar-refractivity contribution >= 4 is 22.2 Å².